The van der Waals surface area contributed by atoms with Gasteiger partial charge in [-0.15, -0.1) is 0 Å². The van der Waals surface area contributed by atoms with E-state index in [-0.39, 0.29) is 22.6 Å². The largest absolute Gasteiger partial charge is 0.371 e. The number of nitrogens with one attached hydrogen (secondary N) is 1. The Labute approximate surface area is 240 Å². The molecule has 1 unspecified atom stereocenters. The zero-order valence-corrected chi connectivity index (χ0v) is 24.9. The number of hydrogen-bond donors (Lipinski definition) is 1. The van der Waals surface area contributed by atoms with Gasteiger partial charge in [0, 0.05) is 49.6 Å². The fraction of sp³-hybridized carbons (Fsp3) is 0.606. The third-order valence-corrected chi connectivity index (χ3v) is 12.8. The molecule has 6 rings (SSSR count). The summed E-state index contributed by atoms with van der Waals surface area (Å²) in [7, 11) is -3.12. The maximum Gasteiger partial charge on any atom is 0.217 e. The number of amides is 1. The molecule has 0 radical (unpaired) electrons. The topological polar surface area (TPSA) is 69.7 Å². The first kappa shape index (κ1) is 27.8. The van der Waals surface area contributed by atoms with E-state index in [9.17, 15) is 13.2 Å². The number of sulfone groups is 1. The third-order valence-electron chi connectivity index (χ3n) is 10.5. The Hall–Kier alpha value is -2.38. The summed E-state index contributed by atoms with van der Waals surface area (Å²) in [6, 6.07) is 18.9. The molecule has 0 aromatic heterocycles. The van der Waals surface area contributed by atoms with Gasteiger partial charge in [0.15, 0.2) is 9.84 Å². The third kappa shape index (κ3) is 5.44. The molecule has 216 valence electrons. The summed E-state index contributed by atoms with van der Waals surface area (Å²) in [6.45, 7) is 9.62. The van der Waals surface area contributed by atoms with E-state index in [2.05, 4.69) is 52.4 Å². The van der Waals surface area contributed by atoms with Gasteiger partial charge in [0.1, 0.15) is 0 Å². The van der Waals surface area contributed by atoms with E-state index in [4.69, 9.17) is 0 Å². The molecule has 7 heteroatoms. The van der Waals surface area contributed by atoms with E-state index >= 15 is 0 Å². The van der Waals surface area contributed by atoms with Crippen LogP contribution in [-0.2, 0) is 20.0 Å². The van der Waals surface area contributed by atoms with Crippen LogP contribution in [0.15, 0.2) is 59.5 Å². The average molecular weight is 564 g/mol. The van der Waals surface area contributed by atoms with Crippen molar-refractivity contribution in [1.29, 1.82) is 0 Å². The second-order valence-corrected chi connectivity index (χ2v) is 15.3. The molecule has 3 atom stereocenters. The van der Waals surface area contributed by atoms with Crippen molar-refractivity contribution < 1.29 is 13.2 Å². The first-order valence-electron chi connectivity index (χ1n) is 15.4. The molecule has 2 saturated carbocycles. The Morgan fingerprint density at radius 1 is 0.925 bits per heavy atom. The SMILES string of the molecule is CC(=O)N[C@H]1CCC[C@@H]1C(C)(c1ccccc1)C1CCN(CC2CN(c3ccc(S(=O)(=O)C4CC4)cc3)C2)CC1. The monoisotopic (exact) mass is 563 g/mol. The van der Waals surface area contributed by atoms with Crippen LogP contribution in [0.25, 0.3) is 0 Å². The lowest BCUT2D eigenvalue weighted by molar-refractivity contribution is -0.120. The van der Waals surface area contributed by atoms with Crippen LogP contribution in [0.4, 0.5) is 5.69 Å². The zero-order chi connectivity index (χ0) is 27.9. The molecule has 2 heterocycles. The van der Waals surface area contributed by atoms with Crippen LogP contribution in [0, 0.1) is 17.8 Å². The Bertz CT molecular complexity index is 1280. The summed E-state index contributed by atoms with van der Waals surface area (Å²) in [5.41, 5.74) is 2.62. The maximum atomic E-state index is 12.5. The molecule has 4 fully saturated rings. The second kappa shape index (κ2) is 11.1. The van der Waals surface area contributed by atoms with Gasteiger partial charge in [-0.05, 0) is 93.3 Å². The van der Waals surface area contributed by atoms with Crippen LogP contribution in [0.3, 0.4) is 0 Å². The van der Waals surface area contributed by atoms with E-state index in [0.29, 0.717) is 22.6 Å². The molecule has 2 aromatic carbocycles. The highest BCUT2D eigenvalue weighted by atomic mass is 32.2. The summed E-state index contributed by atoms with van der Waals surface area (Å²) in [5, 5.41) is 3.15. The number of nitrogens with zero attached hydrogens (tertiary/aromatic N) is 2. The molecule has 2 aliphatic carbocycles. The Morgan fingerprint density at radius 3 is 2.23 bits per heavy atom. The highest BCUT2D eigenvalue weighted by molar-refractivity contribution is 7.92. The zero-order valence-electron chi connectivity index (χ0n) is 24.1. The van der Waals surface area contributed by atoms with Crippen LogP contribution >= 0.6 is 0 Å². The number of hydrogen-bond acceptors (Lipinski definition) is 5. The van der Waals surface area contributed by atoms with Crippen molar-refractivity contribution in [3.8, 4) is 0 Å². The highest BCUT2D eigenvalue weighted by Gasteiger charge is 2.48. The molecule has 0 spiro atoms. The van der Waals surface area contributed by atoms with Gasteiger partial charge >= 0.3 is 0 Å². The lowest BCUT2D eigenvalue weighted by atomic mass is 9.59. The van der Waals surface area contributed by atoms with Crippen molar-refractivity contribution in [1.82, 2.24) is 10.2 Å². The first-order valence-corrected chi connectivity index (χ1v) is 16.9. The molecular weight excluding hydrogens is 518 g/mol. The fourth-order valence-electron chi connectivity index (χ4n) is 8.06. The molecule has 40 heavy (non-hydrogen) atoms. The van der Waals surface area contributed by atoms with Crippen molar-refractivity contribution in [3.05, 3.63) is 60.2 Å². The molecule has 4 aliphatic rings. The predicted molar refractivity (Wildman–Crippen MR) is 160 cm³/mol. The molecule has 2 aromatic rings. The van der Waals surface area contributed by atoms with Gasteiger partial charge in [-0.1, -0.05) is 43.7 Å². The molecule has 1 N–H and O–H groups in total. The lowest BCUT2D eigenvalue weighted by Gasteiger charge is -2.50. The van der Waals surface area contributed by atoms with E-state index in [1.165, 1.54) is 31.2 Å². The predicted octanol–water partition coefficient (Wildman–Crippen LogP) is 5.03. The maximum absolute atomic E-state index is 12.5. The van der Waals surface area contributed by atoms with Crippen LogP contribution in [0.5, 0.6) is 0 Å². The van der Waals surface area contributed by atoms with Crippen molar-refractivity contribution in [2.45, 2.75) is 80.4 Å². The summed E-state index contributed by atoms with van der Waals surface area (Å²) >= 11 is 0. The second-order valence-electron chi connectivity index (χ2n) is 13.1. The van der Waals surface area contributed by atoms with Crippen molar-refractivity contribution in [2.75, 3.05) is 37.6 Å². The Balaban J connectivity index is 1.05. The van der Waals surface area contributed by atoms with E-state index in [1.807, 2.05) is 12.1 Å². The van der Waals surface area contributed by atoms with Crippen LogP contribution < -0.4 is 10.2 Å². The van der Waals surface area contributed by atoms with Crippen molar-refractivity contribution >= 4 is 21.4 Å². The molecule has 2 saturated heterocycles. The number of benzene rings is 2. The van der Waals surface area contributed by atoms with Gasteiger partial charge in [0.25, 0.3) is 0 Å². The highest BCUT2D eigenvalue weighted by Crippen LogP contribution is 2.50. The standard InChI is InChI=1S/C33H45N3O3S/c1-24(37)34-32-10-6-9-31(32)33(2,26-7-4-3-5-8-26)27-17-19-35(20-18-27)21-25-22-36(23-25)28-11-13-29(14-12-28)40(38,39)30-15-16-30/h3-5,7-8,11-14,25,27,30-32H,6,9-10,15-23H2,1-2H3,(H,34,37)/t31-,32-,33?/m0/s1. The average Bonchev–Trinajstić information content (AvgIpc) is 3.71. The minimum atomic E-state index is -3.12. The van der Waals surface area contributed by atoms with Gasteiger partial charge in [-0.25, -0.2) is 8.42 Å². The summed E-state index contributed by atoms with van der Waals surface area (Å²) in [4.78, 5) is 17.5. The number of piperidine rings is 1. The van der Waals surface area contributed by atoms with Gasteiger partial charge in [0.05, 0.1) is 10.1 Å². The van der Waals surface area contributed by atoms with Crippen LogP contribution in [0.2, 0.25) is 0 Å². The molecule has 0 bridgehead atoms. The molecule has 6 nitrogen and oxygen atoms in total. The van der Waals surface area contributed by atoms with E-state index < -0.39 is 9.84 Å². The van der Waals surface area contributed by atoms with Gasteiger partial charge in [-0.2, -0.15) is 0 Å². The number of carbonyl (C=O) groups excluding carboxylic acids is 1. The minimum Gasteiger partial charge on any atom is -0.371 e. The number of carbonyl (C=O) groups is 1. The van der Waals surface area contributed by atoms with Crippen molar-refractivity contribution in [3.63, 3.8) is 0 Å². The van der Waals surface area contributed by atoms with E-state index in [0.717, 1.165) is 57.7 Å². The quantitative estimate of drug-likeness (QED) is 0.463. The summed E-state index contributed by atoms with van der Waals surface area (Å²) in [6.07, 6.45) is 7.46. The lowest BCUT2D eigenvalue weighted by Crippen LogP contribution is -2.54. The van der Waals surface area contributed by atoms with Gasteiger partial charge < -0.3 is 15.1 Å². The number of rotatable bonds is 9. The smallest absolute Gasteiger partial charge is 0.217 e. The number of likely N-dealkylation sites (tertiary alicyclic amines) is 1. The number of anilines is 1. The normalized spacial score (nSPS) is 26.3. The van der Waals surface area contributed by atoms with E-state index in [1.54, 1.807) is 19.1 Å². The van der Waals surface area contributed by atoms with Crippen LogP contribution in [0.1, 0.15) is 64.4 Å². The van der Waals surface area contributed by atoms with Gasteiger partial charge in [-0.3, -0.25) is 4.79 Å². The Morgan fingerprint density at radius 2 is 1.60 bits per heavy atom. The molecular formula is C33H45N3O3S. The molecule has 2 aliphatic heterocycles. The van der Waals surface area contributed by atoms with Crippen LogP contribution in [-0.4, -0.2) is 63.2 Å². The minimum absolute atomic E-state index is 0.0589. The molecule has 1 amide bonds. The van der Waals surface area contributed by atoms with Gasteiger partial charge in [0.2, 0.25) is 5.91 Å². The first-order chi connectivity index (χ1) is 19.2. The Kier molecular flexibility index (Phi) is 7.73. The summed E-state index contributed by atoms with van der Waals surface area (Å²) in [5.74, 6) is 1.83. The fourth-order valence-corrected chi connectivity index (χ4v) is 9.71. The summed E-state index contributed by atoms with van der Waals surface area (Å²) < 4.78 is 25.0. The van der Waals surface area contributed by atoms with Crippen molar-refractivity contribution in [2.24, 2.45) is 17.8 Å².